The summed E-state index contributed by atoms with van der Waals surface area (Å²) in [6.45, 7) is 0.578. The molecule has 0 saturated heterocycles. The molecule has 100 valence electrons. The summed E-state index contributed by atoms with van der Waals surface area (Å²) in [6.07, 6.45) is 3.04. The molecule has 0 spiro atoms. The molecular weight excluding hydrogens is 246 g/mol. The number of hydrogen-bond donors (Lipinski definition) is 0. The Labute approximate surface area is 119 Å². The van der Waals surface area contributed by atoms with Crippen molar-refractivity contribution in [2.45, 2.75) is 31.8 Å². The lowest BCUT2D eigenvalue weighted by Crippen LogP contribution is -2.10. The van der Waals surface area contributed by atoms with Crippen LogP contribution in [0.25, 0.3) is 0 Å². The summed E-state index contributed by atoms with van der Waals surface area (Å²) < 4.78 is 5.97. The van der Waals surface area contributed by atoms with Crippen molar-refractivity contribution < 1.29 is 4.74 Å². The molecular formula is C18H17NO. The van der Waals surface area contributed by atoms with Gasteiger partial charge in [-0.1, -0.05) is 42.5 Å². The second kappa shape index (κ2) is 5.79. The van der Waals surface area contributed by atoms with Gasteiger partial charge in [-0.2, -0.15) is 5.26 Å². The normalized spacial score (nSPS) is 17.1. The average molecular weight is 263 g/mol. The Bertz CT molecular complexity index is 628. The Hall–Kier alpha value is -2.27. The van der Waals surface area contributed by atoms with Gasteiger partial charge in [0.15, 0.2) is 0 Å². The number of rotatable bonds is 3. The van der Waals surface area contributed by atoms with E-state index in [1.54, 1.807) is 0 Å². The zero-order chi connectivity index (χ0) is 13.8. The molecule has 1 atom stereocenters. The number of nitriles is 1. The highest BCUT2D eigenvalue weighted by molar-refractivity contribution is 5.45. The Morgan fingerprint density at radius 1 is 1.10 bits per heavy atom. The fraction of sp³-hybridized carbons (Fsp3) is 0.278. The lowest BCUT2D eigenvalue weighted by molar-refractivity contribution is 0.301. The van der Waals surface area contributed by atoms with Crippen molar-refractivity contribution in [1.29, 1.82) is 5.26 Å². The predicted octanol–water partition coefficient (Wildman–Crippen LogP) is 4.21. The molecule has 1 aliphatic carbocycles. The highest BCUT2D eigenvalue weighted by Gasteiger charge is 2.22. The number of fused-ring (bicyclic) bond motifs is 1. The monoisotopic (exact) mass is 263 g/mol. The highest BCUT2D eigenvalue weighted by Crippen LogP contribution is 2.36. The van der Waals surface area contributed by atoms with Gasteiger partial charge in [-0.05, 0) is 42.0 Å². The summed E-state index contributed by atoms with van der Waals surface area (Å²) >= 11 is 0. The van der Waals surface area contributed by atoms with E-state index in [4.69, 9.17) is 4.74 Å². The van der Waals surface area contributed by atoms with Gasteiger partial charge < -0.3 is 4.74 Å². The van der Waals surface area contributed by atoms with Crippen LogP contribution in [0.3, 0.4) is 0 Å². The van der Waals surface area contributed by atoms with Crippen LogP contribution in [0.1, 0.15) is 35.4 Å². The molecule has 0 saturated carbocycles. The van der Waals surface area contributed by atoms with E-state index in [0.29, 0.717) is 6.61 Å². The Morgan fingerprint density at radius 3 is 2.75 bits per heavy atom. The quantitative estimate of drug-likeness (QED) is 0.831. The van der Waals surface area contributed by atoms with E-state index >= 15 is 0 Å². The van der Waals surface area contributed by atoms with Crippen LogP contribution in [0, 0.1) is 11.3 Å². The maximum Gasteiger partial charge on any atom is 0.123 e. The number of ether oxygens (including phenoxy) is 1. The third-order valence-corrected chi connectivity index (χ3v) is 3.86. The van der Waals surface area contributed by atoms with E-state index in [2.05, 4.69) is 24.3 Å². The van der Waals surface area contributed by atoms with Crippen LogP contribution in [-0.2, 0) is 13.0 Å². The molecule has 2 heteroatoms. The smallest absolute Gasteiger partial charge is 0.123 e. The first kappa shape index (κ1) is 12.7. The van der Waals surface area contributed by atoms with Crippen molar-refractivity contribution in [3.63, 3.8) is 0 Å². The lowest BCUT2D eigenvalue weighted by atomic mass is 9.83. The van der Waals surface area contributed by atoms with Crippen LogP contribution >= 0.6 is 0 Å². The topological polar surface area (TPSA) is 33.0 Å². The van der Waals surface area contributed by atoms with Gasteiger partial charge in [-0.15, -0.1) is 0 Å². The third-order valence-electron chi connectivity index (χ3n) is 3.86. The molecule has 2 aromatic carbocycles. The molecule has 2 nitrogen and oxygen atoms in total. The maximum atomic E-state index is 9.25. The van der Waals surface area contributed by atoms with Crippen molar-refractivity contribution in [2.24, 2.45) is 0 Å². The number of nitrogens with zero attached hydrogens (tertiary/aromatic N) is 1. The van der Waals surface area contributed by atoms with Crippen molar-refractivity contribution in [2.75, 3.05) is 0 Å². The molecule has 0 heterocycles. The van der Waals surface area contributed by atoms with Crippen LogP contribution in [0.2, 0.25) is 0 Å². The Morgan fingerprint density at radius 2 is 1.95 bits per heavy atom. The van der Waals surface area contributed by atoms with Crippen molar-refractivity contribution in [3.05, 3.63) is 65.2 Å². The number of benzene rings is 2. The molecule has 0 fully saturated rings. The molecule has 0 radical (unpaired) electrons. The molecule has 2 aromatic rings. The van der Waals surface area contributed by atoms with Gasteiger partial charge in [-0.25, -0.2) is 0 Å². The van der Waals surface area contributed by atoms with Crippen LogP contribution in [0.5, 0.6) is 5.75 Å². The van der Waals surface area contributed by atoms with E-state index in [-0.39, 0.29) is 5.92 Å². The fourth-order valence-electron chi connectivity index (χ4n) is 2.82. The minimum Gasteiger partial charge on any atom is -0.489 e. The van der Waals surface area contributed by atoms with Crippen LogP contribution in [0.4, 0.5) is 0 Å². The van der Waals surface area contributed by atoms with Gasteiger partial charge in [0.05, 0.1) is 12.0 Å². The zero-order valence-corrected chi connectivity index (χ0v) is 11.4. The predicted molar refractivity (Wildman–Crippen MR) is 78.5 cm³/mol. The van der Waals surface area contributed by atoms with Gasteiger partial charge in [-0.3, -0.25) is 0 Å². The standard InChI is InChI=1S/C18H17NO/c19-12-15-8-4-10-17-16(15)9-5-11-18(17)20-13-14-6-2-1-3-7-14/h1-3,5-7,9,11,15H,4,8,10,13H2/t15-/m1/s1. The van der Waals surface area contributed by atoms with Crippen molar-refractivity contribution >= 4 is 0 Å². The first-order chi connectivity index (χ1) is 9.88. The van der Waals surface area contributed by atoms with Gasteiger partial charge in [0, 0.05) is 0 Å². The average Bonchev–Trinajstić information content (AvgIpc) is 2.53. The summed E-state index contributed by atoms with van der Waals surface area (Å²) in [6, 6.07) is 18.7. The van der Waals surface area contributed by atoms with Crippen LogP contribution < -0.4 is 4.74 Å². The first-order valence-corrected chi connectivity index (χ1v) is 7.06. The van der Waals surface area contributed by atoms with Gasteiger partial charge >= 0.3 is 0 Å². The lowest BCUT2D eigenvalue weighted by Gasteiger charge is -2.23. The first-order valence-electron chi connectivity index (χ1n) is 7.06. The molecule has 0 unspecified atom stereocenters. The molecule has 3 rings (SSSR count). The van der Waals surface area contributed by atoms with E-state index in [0.717, 1.165) is 36.1 Å². The summed E-state index contributed by atoms with van der Waals surface area (Å²) in [5, 5.41) is 9.25. The Kier molecular flexibility index (Phi) is 3.69. The van der Waals surface area contributed by atoms with E-state index in [1.165, 1.54) is 5.56 Å². The van der Waals surface area contributed by atoms with Gasteiger partial charge in [0.2, 0.25) is 0 Å². The highest BCUT2D eigenvalue weighted by atomic mass is 16.5. The number of hydrogen-bond acceptors (Lipinski definition) is 2. The van der Waals surface area contributed by atoms with Gasteiger partial charge in [0.25, 0.3) is 0 Å². The van der Waals surface area contributed by atoms with Crippen LogP contribution in [-0.4, -0.2) is 0 Å². The minimum absolute atomic E-state index is 0.0269. The molecule has 1 aliphatic rings. The minimum atomic E-state index is 0.0269. The molecule has 0 amide bonds. The second-order valence-corrected chi connectivity index (χ2v) is 5.17. The Balaban J connectivity index is 1.83. The van der Waals surface area contributed by atoms with E-state index in [1.807, 2.05) is 30.3 Å². The van der Waals surface area contributed by atoms with Gasteiger partial charge in [0.1, 0.15) is 12.4 Å². The summed E-state index contributed by atoms with van der Waals surface area (Å²) in [5.74, 6) is 0.963. The summed E-state index contributed by atoms with van der Waals surface area (Å²) in [5.41, 5.74) is 3.54. The molecule has 20 heavy (non-hydrogen) atoms. The SMILES string of the molecule is N#C[C@H]1CCCc2c(OCc3ccccc3)cccc21. The van der Waals surface area contributed by atoms with E-state index in [9.17, 15) is 5.26 Å². The second-order valence-electron chi connectivity index (χ2n) is 5.17. The zero-order valence-electron chi connectivity index (χ0n) is 11.4. The summed E-state index contributed by atoms with van der Waals surface area (Å²) in [7, 11) is 0. The molecule has 0 N–H and O–H groups in total. The molecule has 0 bridgehead atoms. The maximum absolute atomic E-state index is 9.25. The molecule has 0 aliphatic heterocycles. The van der Waals surface area contributed by atoms with Crippen molar-refractivity contribution in [3.8, 4) is 11.8 Å². The van der Waals surface area contributed by atoms with Crippen molar-refractivity contribution in [1.82, 2.24) is 0 Å². The summed E-state index contributed by atoms with van der Waals surface area (Å²) in [4.78, 5) is 0. The van der Waals surface area contributed by atoms with Crippen LogP contribution in [0.15, 0.2) is 48.5 Å². The third kappa shape index (κ3) is 2.53. The fourth-order valence-corrected chi connectivity index (χ4v) is 2.82. The van der Waals surface area contributed by atoms with E-state index < -0.39 is 0 Å². The molecule has 0 aromatic heterocycles. The largest absolute Gasteiger partial charge is 0.489 e.